The van der Waals surface area contributed by atoms with Gasteiger partial charge in [0.05, 0.1) is 5.60 Å². The Hall–Kier alpha value is -0.890. The molecule has 0 aromatic carbocycles. The van der Waals surface area contributed by atoms with Gasteiger partial charge in [-0.2, -0.15) is 0 Å². The van der Waals surface area contributed by atoms with Crippen LogP contribution in [-0.2, 0) is 6.42 Å². The molecule has 0 radical (unpaired) electrons. The van der Waals surface area contributed by atoms with E-state index < -0.39 is 5.60 Å². The molecule has 1 saturated carbocycles. The van der Waals surface area contributed by atoms with Gasteiger partial charge < -0.3 is 5.11 Å². The number of aromatic nitrogens is 1. The van der Waals surface area contributed by atoms with Crippen molar-refractivity contribution in [3.8, 4) is 0 Å². The van der Waals surface area contributed by atoms with Crippen LogP contribution in [0.5, 0.6) is 0 Å². The molecule has 1 heterocycles. The van der Waals surface area contributed by atoms with Crippen LogP contribution >= 0.6 is 0 Å². The molecule has 2 aliphatic carbocycles. The normalized spacial score (nSPS) is 34.8. The molecule has 1 N–H and O–H groups in total. The molecule has 3 atom stereocenters. The second-order valence-corrected chi connectivity index (χ2v) is 6.47. The third kappa shape index (κ3) is 2.43. The van der Waals surface area contributed by atoms with E-state index in [1.165, 1.54) is 36.9 Å². The minimum Gasteiger partial charge on any atom is -0.389 e. The van der Waals surface area contributed by atoms with Crippen LogP contribution in [0.2, 0.25) is 0 Å². The standard InChI is InChI=1S/C17H25NO/c1-2-13-6-4-10-17(19,12-13)15-9-3-7-14-8-5-11-18-16(14)15/h5,8,11,13,15,19H,2-4,6-7,9-10,12H2,1H3. The van der Waals surface area contributed by atoms with E-state index in [-0.39, 0.29) is 5.92 Å². The summed E-state index contributed by atoms with van der Waals surface area (Å²) in [7, 11) is 0. The van der Waals surface area contributed by atoms with Crippen molar-refractivity contribution in [3.05, 3.63) is 29.6 Å². The second kappa shape index (κ2) is 5.24. The third-order valence-electron chi connectivity index (χ3n) is 5.29. The zero-order chi connectivity index (χ0) is 13.3. The van der Waals surface area contributed by atoms with Crippen molar-refractivity contribution in [1.29, 1.82) is 0 Å². The van der Waals surface area contributed by atoms with E-state index in [1.807, 2.05) is 12.3 Å². The molecule has 0 bridgehead atoms. The third-order valence-corrected chi connectivity index (χ3v) is 5.29. The minimum atomic E-state index is -0.498. The van der Waals surface area contributed by atoms with Crippen LogP contribution in [0, 0.1) is 5.92 Å². The molecule has 19 heavy (non-hydrogen) atoms. The molecule has 3 unspecified atom stereocenters. The number of fused-ring (bicyclic) bond motifs is 1. The monoisotopic (exact) mass is 259 g/mol. The fraction of sp³-hybridized carbons (Fsp3) is 0.706. The first kappa shape index (κ1) is 13.1. The predicted octanol–water partition coefficient (Wildman–Crippen LogP) is 3.83. The maximum absolute atomic E-state index is 11.2. The van der Waals surface area contributed by atoms with Crippen LogP contribution in [0.25, 0.3) is 0 Å². The molecular weight excluding hydrogens is 234 g/mol. The molecular formula is C17H25NO. The van der Waals surface area contributed by atoms with Gasteiger partial charge in [0.15, 0.2) is 0 Å². The van der Waals surface area contributed by atoms with Crippen molar-refractivity contribution in [1.82, 2.24) is 4.98 Å². The number of pyridine rings is 1. The van der Waals surface area contributed by atoms with E-state index >= 15 is 0 Å². The average Bonchev–Trinajstić information content (AvgIpc) is 2.46. The molecule has 0 saturated heterocycles. The van der Waals surface area contributed by atoms with Crippen molar-refractivity contribution in [2.24, 2.45) is 5.92 Å². The number of aliphatic hydroxyl groups is 1. The van der Waals surface area contributed by atoms with Gasteiger partial charge in [0.25, 0.3) is 0 Å². The number of hydrogen-bond donors (Lipinski definition) is 1. The molecule has 1 aromatic rings. The van der Waals surface area contributed by atoms with Crippen molar-refractivity contribution in [2.75, 3.05) is 0 Å². The number of aryl methyl sites for hydroxylation is 1. The Kier molecular flexibility index (Phi) is 3.62. The highest BCUT2D eigenvalue weighted by Gasteiger charge is 2.43. The van der Waals surface area contributed by atoms with Crippen molar-refractivity contribution < 1.29 is 5.11 Å². The molecule has 2 aliphatic rings. The molecule has 0 spiro atoms. The smallest absolute Gasteiger partial charge is 0.0733 e. The SMILES string of the molecule is CCC1CCCC(O)(C2CCCc3cccnc32)C1. The van der Waals surface area contributed by atoms with Gasteiger partial charge in [-0.1, -0.05) is 32.3 Å². The summed E-state index contributed by atoms with van der Waals surface area (Å²) in [5.41, 5.74) is 2.06. The number of nitrogens with zero attached hydrogens (tertiary/aromatic N) is 1. The zero-order valence-electron chi connectivity index (χ0n) is 11.9. The van der Waals surface area contributed by atoms with E-state index in [2.05, 4.69) is 18.0 Å². The lowest BCUT2D eigenvalue weighted by Crippen LogP contribution is -2.42. The van der Waals surface area contributed by atoms with Crippen LogP contribution in [0.15, 0.2) is 18.3 Å². The van der Waals surface area contributed by atoms with Gasteiger partial charge in [0, 0.05) is 17.8 Å². The predicted molar refractivity (Wildman–Crippen MR) is 77.1 cm³/mol. The van der Waals surface area contributed by atoms with E-state index in [9.17, 15) is 5.11 Å². The summed E-state index contributed by atoms with van der Waals surface area (Å²) >= 11 is 0. The lowest BCUT2D eigenvalue weighted by molar-refractivity contribution is -0.0454. The van der Waals surface area contributed by atoms with Gasteiger partial charge in [0.2, 0.25) is 0 Å². The van der Waals surface area contributed by atoms with Crippen LogP contribution in [0.3, 0.4) is 0 Å². The van der Waals surface area contributed by atoms with Gasteiger partial charge in [0.1, 0.15) is 0 Å². The summed E-state index contributed by atoms with van der Waals surface area (Å²) < 4.78 is 0. The van der Waals surface area contributed by atoms with Gasteiger partial charge in [-0.05, 0) is 49.7 Å². The molecule has 1 aromatic heterocycles. The quantitative estimate of drug-likeness (QED) is 0.875. The Morgan fingerprint density at radius 1 is 1.37 bits per heavy atom. The summed E-state index contributed by atoms with van der Waals surface area (Å²) in [5, 5.41) is 11.2. The Morgan fingerprint density at radius 3 is 3.11 bits per heavy atom. The molecule has 1 fully saturated rings. The first-order valence-corrected chi connectivity index (χ1v) is 7.89. The van der Waals surface area contributed by atoms with E-state index in [0.29, 0.717) is 5.92 Å². The highest BCUT2D eigenvalue weighted by Crippen LogP contribution is 2.47. The van der Waals surface area contributed by atoms with Gasteiger partial charge in [-0.15, -0.1) is 0 Å². The fourth-order valence-corrected chi connectivity index (χ4v) is 4.20. The van der Waals surface area contributed by atoms with Crippen LogP contribution in [0.4, 0.5) is 0 Å². The fourth-order valence-electron chi connectivity index (χ4n) is 4.20. The van der Waals surface area contributed by atoms with Crippen LogP contribution in [-0.4, -0.2) is 15.7 Å². The van der Waals surface area contributed by atoms with Crippen molar-refractivity contribution >= 4 is 0 Å². The summed E-state index contributed by atoms with van der Waals surface area (Å²) in [5.74, 6) is 0.972. The lowest BCUT2D eigenvalue weighted by Gasteiger charge is -2.44. The number of hydrogen-bond acceptors (Lipinski definition) is 2. The average molecular weight is 259 g/mol. The highest BCUT2D eigenvalue weighted by atomic mass is 16.3. The first-order valence-electron chi connectivity index (χ1n) is 7.89. The van der Waals surface area contributed by atoms with Gasteiger partial charge in [-0.3, -0.25) is 4.98 Å². The Balaban J connectivity index is 1.89. The van der Waals surface area contributed by atoms with Crippen molar-refractivity contribution in [3.63, 3.8) is 0 Å². The molecule has 2 heteroatoms. The summed E-state index contributed by atoms with van der Waals surface area (Å²) in [4.78, 5) is 4.61. The van der Waals surface area contributed by atoms with E-state index in [1.54, 1.807) is 0 Å². The summed E-state index contributed by atoms with van der Waals surface area (Å²) in [6.45, 7) is 2.25. The molecule has 104 valence electrons. The lowest BCUT2D eigenvalue weighted by atomic mass is 9.66. The molecule has 2 nitrogen and oxygen atoms in total. The zero-order valence-corrected chi connectivity index (χ0v) is 11.9. The Labute approximate surface area is 116 Å². The molecule has 0 aliphatic heterocycles. The van der Waals surface area contributed by atoms with Crippen LogP contribution in [0.1, 0.15) is 69.0 Å². The highest BCUT2D eigenvalue weighted by molar-refractivity contribution is 5.28. The van der Waals surface area contributed by atoms with E-state index in [0.717, 1.165) is 25.7 Å². The summed E-state index contributed by atoms with van der Waals surface area (Å²) in [6, 6.07) is 4.22. The molecule has 3 rings (SSSR count). The Morgan fingerprint density at radius 2 is 2.26 bits per heavy atom. The first-order chi connectivity index (χ1) is 9.23. The number of rotatable bonds is 2. The summed E-state index contributed by atoms with van der Waals surface area (Å²) in [6.07, 6.45) is 10.9. The second-order valence-electron chi connectivity index (χ2n) is 6.47. The maximum atomic E-state index is 11.2. The molecule has 0 amide bonds. The van der Waals surface area contributed by atoms with Crippen molar-refractivity contribution in [2.45, 2.75) is 69.8 Å². The van der Waals surface area contributed by atoms with Gasteiger partial charge >= 0.3 is 0 Å². The largest absolute Gasteiger partial charge is 0.389 e. The Bertz CT molecular complexity index is 445. The van der Waals surface area contributed by atoms with Gasteiger partial charge in [-0.25, -0.2) is 0 Å². The topological polar surface area (TPSA) is 33.1 Å². The maximum Gasteiger partial charge on any atom is 0.0733 e. The minimum absolute atomic E-state index is 0.270. The van der Waals surface area contributed by atoms with E-state index in [4.69, 9.17) is 0 Å². The van der Waals surface area contributed by atoms with Crippen LogP contribution < -0.4 is 0 Å².